The van der Waals surface area contributed by atoms with Crippen molar-refractivity contribution >= 4 is 32.4 Å². The van der Waals surface area contributed by atoms with Crippen molar-refractivity contribution in [1.82, 2.24) is 14.3 Å². The SMILES string of the molecule is O=C(c1ccc2c(c1)sc1nc(-c3ccc(F)cc3)cn12)N1CCCCCC1. The summed E-state index contributed by atoms with van der Waals surface area (Å²) >= 11 is 1.57. The molecule has 0 N–H and O–H groups in total. The van der Waals surface area contributed by atoms with Gasteiger partial charge in [-0.05, 0) is 55.3 Å². The zero-order valence-corrected chi connectivity index (χ0v) is 16.2. The van der Waals surface area contributed by atoms with E-state index in [1.165, 1.54) is 25.0 Å². The molecule has 2 aromatic heterocycles. The lowest BCUT2D eigenvalue weighted by Crippen LogP contribution is -2.31. The summed E-state index contributed by atoms with van der Waals surface area (Å²) in [4.78, 5) is 20.4. The fraction of sp³-hybridized carbons (Fsp3) is 0.273. The number of thiazole rings is 1. The molecule has 28 heavy (non-hydrogen) atoms. The summed E-state index contributed by atoms with van der Waals surface area (Å²) in [5, 5.41) is 0. The molecule has 1 saturated heterocycles. The fourth-order valence-electron chi connectivity index (χ4n) is 3.85. The minimum atomic E-state index is -0.253. The molecular formula is C22H20FN3OS. The van der Waals surface area contributed by atoms with E-state index >= 15 is 0 Å². The van der Waals surface area contributed by atoms with Crippen molar-refractivity contribution in [2.24, 2.45) is 0 Å². The monoisotopic (exact) mass is 393 g/mol. The molecule has 1 amide bonds. The summed E-state index contributed by atoms with van der Waals surface area (Å²) in [7, 11) is 0. The number of aromatic nitrogens is 2. The first kappa shape index (κ1) is 17.4. The molecule has 4 nitrogen and oxygen atoms in total. The topological polar surface area (TPSA) is 37.6 Å². The van der Waals surface area contributed by atoms with Gasteiger partial charge in [-0.15, -0.1) is 0 Å². The van der Waals surface area contributed by atoms with Crippen LogP contribution < -0.4 is 0 Å². The Morgan fingerprint density at radius 3 is 2.50 bits per heavy atom. The number of nitrogens with zero attached hydrogens (tertiary/aromatic N) is 3. The normalized spacial score (nSPS) is 15.2. The van der Waals surface area contributed by atoms with E-state index in [9.17, 15) is 9.18 Å². The standard InChI is InChI=1S/C22H20FN3OS/c23-17-8-5-15(6-9-17)18-14-26-19-10-7-16(13-20(19)28-22(26)24-18)21(27)25-11-3-1-2-4-12-25/h5-10,13-14H,1-4,11-12H2. The van der Waals surface area contributed by atoms with Crippen LogP contribution in [0.1, 0.15) is 36.0 Å². The quantitative estimate of drug-likeness (QED) is 0.459. The number of carbonyl (C=O) groups excluding carboxylic acids is 1. The average Bonchev–Trinajstić information content (AvgIpc) is 3.13. The van der Waals surface area contributed by atoms with Gasteiger partial charge >= 0.3 is 0 Å². The summed E-state index contributed by atoms with van der Waals surface area (Å²) in [5.41, 5.74) is 3.49. The van der Waals surface area contributed by atoms with Crippen LogP contribution >= 0.6 is 11.3 Å². The molecule has 0 atom stereocenters. The van der Waals surface area contributed by atoms with Gasteiger partial charge in [0.05, 0.1) is 15.9 Å². The van der Waals surface area contributed by atoms with Gasteiger partial charge in [0.15, 0.2) is 4.96 Å². The molecule has 0 bridgehead atoms. The van der Waals surface area contributed by atoms with Crippen molar-refractivity contribution in [1.29, 1.82) is 0 Å². The Bertz CT molecular complexity index is 1150. The minimum absolute atomic E-state index is 0.127. The zero-order valence-electron chi connectivity index (χ0n) is 15.4. The van der Waals surface area contributed by atoms with Crippen molar-refractivity contribution in [3.63, 3.8) is 0 Å². The molecule has 5 rings (SSSR count). The number of benzene rings is 2. The molecule has 0 unspecified atom stereocenters. The van der Waals surface area contributed by atoms with Gasteiger partial charge in [-0.1, -0.05) is 24.2 Å². The summed E-state index contributed by atoms with van der Waals surface area (Å²) < 4.78 is 16.3. The van der Waals surface area contributed by atoms with Gasteiger partial charge in [0, 0.05) is 30.4 Å². The third kappa shape index (κ3) is 3.07. The number of carbonyl (C=O) groups is 1. The number of likely N-dealkylation sites (tertiary alicyclic amines) is 1. The molecular weight excluding hydrogens is 373 g/mol. The van der Waals surface area contributed by atoms with Gasteiger partial charge in [0.1, 0.15) is 5.82 Å². The molecule has 3 heterocycles. The predicted molar refractivity (Wildman–Crippen MR) is 110 cm³/mol. The molecule has 4 aromatic rings. The Morgan fingerprint density at radius 2 is 1.75 bits per heavy atom. The highest BCUT2D eigenvalue weighted by molar-refractivity contribution is 7.23. The van der Waals surface area contributed by atoms with Crippen LogP contribution in [0.15, 0.2) is 48.7 Å². The van der Waals surface area contributed by atoms with E-state index in [4.69, 9.17) is 4.98 Å². The molecule has 1 aliphatic rings. The van der Waals surface area contributed by atoms with Gasteiger partial charge in [-0.25, -0.2) is 9.37 Å². The van der Waals surface area contributed by atoms with Crippen LogP contribution in [0.3, 0.4) is 0 Å². The average molecular weight is 393 g/mol. The van der Waals surface area contributed by atoms with Crippen molar-refractivity contribution < 1.29 is 9.18 Å². The number of halogens is 1. The van der Waals surface area contributed by atoms with E-state index in [0.717, 1.165) is 57.9 Å². The van der Waals surface area contributed by atoms with Gasteiger partial charge in [0.2, 0.25) is 0 Å². The number of hydrogen-bond donors (Lipinski definition) is 0. The Balaban J connectivity index is 1.49. The Kier molecular flexibility index (Phi) is 4.36. The molecule has 0 saturated carbocycles. The van der Waals surface area contributed by atoms with Crippen LogP contribution in [0.2, 0.25) is 0 Å². The van der Waals surface area contributed by atoms with E-state index in [1.54, 1.807) is 23.5 Å². The van der Waals surface area contributed by atoms with Gasteiger partial charge < -0.3 is 4.90 Å². The number of hydrogen-bond acceptors (Lipinski definition) is 3. The van der Waals surface area contributed by atoms with Crippen LogP contribution in [0.25, 0.3) is 26.4 Å². The first-order valence-corrected chi connectivity index (χ1v) is 10.5. The molecule has 2 aromatic carbocycles. The lowest BCUT2D eigenvalue weighted by Gasteiger charge is -2.20. The lowest BCUT2D eigenvalue weighted by atomic mass is 10.1. The van der Waals surface area contributed by atoms with E-state index < -0.39 is 0 Å². The van der Waals surface area contributed by atoms with E-state index in [1.807, 2.05) is 33.7 Å². The molecule has 6 heteroatoms. The summed E-state index contributed by atoms with van der Waals surface area (Å²) in [6.07, 6.45) is 6.57. The summed E-state index contributed by atoms with van der Waals surface area (Å²) in [5.74, 6) is -0.126. The molecule has 1 aliphatic heterocycles. The largest absolute Gasteiger partial charge is 0.339 e. The third-order valence-electron chi connectivity index (χ3n) is 5.37. The predicted octanol–water partition coefficient (Wildman–Crippen LogP) is 5.37. The molecule has 0 spiro atoms. The van der Waals surface area contributed by atoms with Crippen molar-refractivity contribution in [2.45, 2.75) is 25.7 Å². The summed E-state index contributed by atoms with van der Waals surface area (Å²) in [6, 6.07) is 12.3. The van der Waals surface area contributed by atoms with E-state index in [2.05, 4.69) is 0 Å². The fourth-order valence-corrected chi connectivity index (χ4v) is 4.90. The maximum absolute atomic E-state index is 13.2. The number of fused-ring (bicyclic) bond motifs is 3. The van der Waals surface area contributed by atoms with Crippen molar-refractivity contribution in [3.8, 4) is 11.3 Å². The highest BCUT2D eigenvalue weighted by atomic mass is 32.1. The second-order valence-electron chi connectivity index (χ2n) is 7.28. The molecule has 0 aliphatic carbocycles. The highest BCUT2D eigenvalue weighted by Crippen LogP contribution is 2.30. The second kappa shape index (κ2) is 7.02. The maximum Gasteiger partial charge on any atom is 0.253 e. The third-order valence-corrected chi connectivity index (χ3v) is 6.39. The minimum Gasteiger partial charge on any atom is -0.339 e. The zero-order chi connectivity index (χ0) is 19.1. The second-order valence-corrected chi connectivity index (χ2v) is 8.29. The van der Waals surface area contributed by atoms with Crippen LogP contribution in [-0.4, -0.2) is 33.3 Å². The first-order valence-electron chi connectivity index (χ1n) is 9.66. The first-order chi connectivity index (χ1) is 13.7. The number of imidazole rings is 1. The summed E-state index contributed by atoms with van der Waals surface area (Å²) in [6.45, 7) is 1.71. The van der Waals surface area contributed by atoms with Gasteiger partial charge in [-0.3, -0.25) is 9.20 Å². The Hall–Kier alpha value is -2.73. The van der Waals surface area contributed by atoms with Crippen molar-refractivity contribution in [2.75, 3.05) is 13.1 Å². The van der Waals surface area contributed by atoms with Crippen LogP contribution in [-0.2, 0) is 0 Å². The number of rotatable bonds is 2. The molecule has 1 fully saturated rings. The molecule has 142 valence electrons. The van der Waals surface area contributed by atoms with E-state index in [0.29, 0.717) is 0 Å². The Labute approximate surface area is 166 Å². The van der Waals surface area contributed by atoms with Crippen LogP contribution in [0.4, 0.5) is 4.39 Å². The number of amides is 1. The Morgan fingerprint density at radius 1 is 1.00 bits per heavy atom. The lowest BCUT2D eigenvalue weighted by molar-refractivity contribution is 0.0762. The van der Waals surface area contributed by atoms with Crippen molar-refractivity contribution in [3.05, 3.63) is 60.0 Å². The molecule has 0 radical (unpaired) electrons. The maximum atomic E-state index is 13.2. The smallest absolute Gasteiger partial charge is 0.253 e. The highest BCUT2D eigenvalue weighted by Gasteiger charge is 2.19. The van der Waals surface area contributed by atoms with E-state index in [-0.39, 0.29) is 11.7 Å². The van der Waals surface area contributed by atoms with Gasteiger partial charge in [-0.2, -0.15) is 0 Å². The van der Waals surface area contributed by atoms with Gasteiger partial charge in [0.25, 0.3) is 5.91 Å². The van der Waals surface area contributed by atoms with Crippen LogP contribution in [0, 0.1) is 5.82 Å². The van der Waals surface area contributed by atoms with Crippen LogP contribution in [0.5, 0.6) is 0 Å².